The molecule has 2 aliphatic heterocycles. The molecule has 2 heterocycles. The normalized spacial score (nSPS) is 20.6. The predicted molar refractivity (Wildman–Crippen MR) is 99.6 cm³/mol. The fourth-order valence-electron chi connectivity index (χ4n) is 4.09. The van der Waals surface area contributed by atoms with Crippen LogP contribution in [0.4, 0.5) is 4.79 Å². The summed E-state index contributed by atoms with van der Waals surface area (Å²) in [7, 11) is 1.62. The second kappa shape index (κ2) is 7.76. The number of imide groups is 1. The Labute approximate surface area is 155 Å². The Balaban J connectivity index is 1.74. The van der Waals surface area contributed by atoms with Gasteiger partial charge < -0.3 is 9.64 Å². The standard InChI is InChI=1S/C20H29N3O3/c1-16(2)23-18(24)20(22(19(23)25)13-14-26-3)9-11-21(12-10-20)15-17-7-5-4-6-8-17/h4-8,16H,9-15H2,1-3H3. The lowest BCUT2D eigenvalue weighted by Gasteiger charge is -2.42. The van der Waals surface area contributed by atoms with Crippen LogP contribution >= 0.6 is 0 Å². The number of benzene rings is 1. The van der Waals surface area contributed by atoms with Crippen molar-refractivity contribution in [2.45, 2.75) is 44.8 Å². The Bertz CT molecular complexity index is 639. The first-order valence-corrected chi connectivity index (χ1v) is 9.40. The average Bonchev–Trinajstić information content (AvgIpc) is 2.83. The summed E-state index contributed by atoms with van der Waals surface area (Å²) in [6, 6.07) is 10.1. The molecule has 2 aliphatic rings. The van der Waals surface area contributed by atoms with E-state index in [-0.39, 0.29) is 18.0 Å². The summed E-state index contributed by atoms with van der Waals surface area (Å²) < 4.78 is 5.18. The fraction of sp³-hybridized carbons (Fsp3) is 0.600. The van der Waals surface area contributed by atoms with E-state index in [0.717, 1.165) is 19.6 Å². The van der Waals surface area contributed by atoms with Crippen molar-refractivity contribution in [3.8, 4) is 0 Å². The number of carbonyl (C=O) groups excluding carboxylic acids is 2. The van der Waals surface area contributed by atoms with Gasteiger partial charge in [-0.3, -0.25) is 14.6 Å². The van der Waals surface area contributed by atoms with Gasteiger partial charge >= 0.3 is 6.03 Å². The smallest absolute Gasteiger partial charge is 0.327 e. The van der Waals surface area contributed by atoms with E-state index in [1.807, 2.05) is 32.0 Å². The van der Waals surface area contributed by atoms with Crippen molar-refractivity contribution in [3.05, 3.63) is 35.9 Å². The Morgan fingerprint density at radius 1 is 1.12 bits per heavy atom. The second-order valence-electron chi connectivity index (χ2n) is 7.49. The number of piperidine rings is 1. The quantitative estimate of drug-likeness (QED) is 0.732. The monoisotopic (exact) mass is 359 g/mol. The zero-order chi connectivity index (χ0) is 18.7. The zero-order valence-electron chi connectivity index (χ0n) is 16.0. The van der Waals surface area contributed by atoms with Gasteiger partial charge in [-0.1, -0.05) is 30.3 Å². The molecule has 0 unspecified atom stereocenters. The molecule has 2 saturated heterocycles. The highest BCUT2D eigenvalue weighted by Crippen LogP contribution is 2.38. The second-order valence-corrected chi connectivity index (χ2v) is 7.49. The van der Waals surface area contributed by atoms with E-state index >= 15 is 0 Å². The van der Waals surface area contributed by atoms with Crippen LogP contribution in [0.1, 0.15) is 32.3 Å². The maximum Gasteiger partial charge on any atom is 0.327 e. The predicted octanol–water partition coefficient (Wildman–Crippen LogP) is 2.34. The van der Waals surface area contributed by atoms with Crippen LogP contribution in [0, 0.1) is 0 Å². The van der Waals surface area contributed by atoms with Gasteiger partial charge in [-0.2, -0.15) is 0 Å². The van der Waals surface area contributed by atoms with E-state index in [9.17, 15) is 9.59 Å². The SMILES string of the molecule is COCCN1C(=O)N(C(C)C)C(=O)C12CCN(Cc1ccccc1)CC2. The van der Waals surface area contributed by atoms with Gasteiger partial charge in [-0.25, -0.2) is 4.79 Å². The molecule has 6 heteroatoms. The molecule has 0 saturated carbocycles. The molecule has 1 aromatic rings. The summed E-state index contributed by atoms with van der Waals surface area (Å²) in [6.07, 6.45) is 1.36. The fourth-order valence-corrected chi connectivity index (χ4v) is 4.09. The Kier molecular flexibility index (Phi) is 5.63. The highest BCUT2D eigenvalue weighted by molar-refractivity contribution is 6.07. The van der Waals surface area contributed by atoms with Crippen LogP contribution in [-0.2, 0) is 16.1 Å². The third-order valence-corrected chi connectivity index (χ3v) is 5.54. The number of carbonyl (C=O) groups is 2. The Morgan fingerprint density at radius 2 is 1.77 bits per heavy atom. The molecule has 0 radical (unpaired) electrons. The summed E-state index contributed by atoms with van der Waals surface area (Å²) in [5.41, 5.74) is 0.574. The van der Waals surface area contributed by atoms with Crippen LogP contribution in [0.15, 0.2) is 30.3 Å². The molecule has 6 nitrogen and oxygen atoms in total. The molecule has 0 N–H and O–H groups in total. The third kappa shape index (κ3) is 3.35. The van der Waals surface area contributed by atoms with Gasteiger partial charge in [0.05, 0.1) is 6.61 Å². The minimum absolute atomic E-state index is 0.0343. The van der Waals surface area contributed by atoms with Crippen molar-refractivity contribution < 1.29 is 14.3 Å². The van der Waals surface area contributed by atoms with Gasteiger partial charge in [0.1, 0.15) is 5.54 Å². The summed E-state index contributed by atoms with van der Waals surface area (Å²) in [4.78, 5) is 31.6. The van der Waals surface area contributed by atoms with Crippen LogP contribution in [0.5, 0.6) is 0 Å². The first-order valence-electron chi connectivity index (χ1n) is 9.40. The first-order chi connectivity index (χ1) is 12.5. The molecular weight excluding hydrogens is 330 g/mol. The van der Waals surface area contributed by atoms with Gasteiger partial charge in [-0.05, 0) is 32.3 Å². The number of hydrogen-bond donors (Lipinski definition) is 0. The lowest BCUT2D eigenvalue weighted by molar-refractivity contribution is -0.136. The number of amides is 3. The summed E-state index contributed by atoms with van der Waals surface area (Å²) in [5, 5.41) is 0. The van der Waals surface area contributed by atoms with Crippen molar-refractivity contribution in [2.24, 2.45) is 0 Å². The Hall–Kier alpha value is -1.92. The minimum atomic E-state index is -0.701. The molecule has 0 atom stereocenters. The van der Waals surface area contributed by atoms with Gasteiger partial charge in [0.2, 0.25) is 0 Å². The molecule has 1 spiro atoms. The molecular formula is C20H29N3O3. The number of ether oxygens (including phenoxy) is 1. The maximum atomic E-state index is 13.2. The molecule has 2 fully saturated rings. The number of urea groups is 1. The molecule has 3 amide bonds. The van der Waals surface area contributed by atoms with Gasteiger partial charge in [0, 0.05) is 39.3 Å². The Morgan fingerprint density at radius 3 is 2.35 bits per heavy atom. The van der Waals surface area contributed by atoms with Crippen LogP contribution < -0.4 is 0 Å². The maximum absolute atomic E-state index is 13.2. The number of likely N-dealkylation sites (tertiary alicyclic amines) is 1. The average molecular weight is 359 g/mol. The minimum Gasteiger partial charge on any atom is -0.383 e. The molecule has 26 heavy (non-hydrogen) atoms. The van der Waals surface area contributed by atoms with Crippen LogP contribution in [0.3, 0.4) is 0 Å². The highest BCUT2D eigenvalue weighted by Gasteiger charge is 2.58. The van der Waals surface area contributed by atoms with Crippen molar-refractivity contribution in [3.63, 3.8) is 0 Å². The number of rotatable bonds is 6. The molecule has 0 bridgehead atoms. The van der Waals surface area contributed by atoms with Gasteiger partial charge in [0.15, 0.2) is 0 Å². The largest absolute Gasteiger partial charge is 0.383 e. The molecule has 142 valence electrons. The zero-order valence-corrected chi connectivity index (χ0v) is 16.0. The van der Waals surface area contributed by atoms with E-state index < -0.39 is 5.54 Å². The number of nitrogens with zero attached hydrogens (tertiary/aromatic N) is 3. The summed E-state index contributed by atoms with van der Waals surface area (Å²) in [6.45, 7) is 7.20. The molecule has 1 aromatic carbocycles. The van der Waals surface area contributed by atoms with Gasteiger partial charge in [-0.15, -0.1) is 0 Å². The van der Waals surface area contributed by atoms with E-state index in [1.54, 1.807) is 12.0 Å². The molecule has 0 aromatic heterocycles. The molecule has 3 rings (SSSR count). The summed E-state index contributed by atoms with van der Waals surface area (Å²) in [5.74, 6) is -0.0343. The molecule has 0 aliphatic carbocycles. The number of hydrogen-bond acceptors (Lipinski definition) is 4. The van der Waals surface area contributed by atoms with E-state index in [4.69, 9.17) is 4.74 Å². The van der Waals surface area contributed by atoms with Crippen LogP contribution in [0.2, 0.25) is 0 Å². The van der Waals surface area contributed by atoms with Crippen LogP contribution in [0.25, 0.3) is 0 Å². The lowest BCUT2D eigenvalue weighted by Crippen LogP contribution is -2.57. The van der Waals surface area contributed by atoms with E-state index in [2.05, 4.69) is 17.0 Å². The van der Waals surface area contributed by atoms with Crippen molar-refractivity contribution in [1.29, 1.82) is 0 Å². The van der Waals surface area contributed by atoms with Crippen molar-refractivity contribution in [1.82, 2.24) is 14.7 Å². The van der Waals surface area contributed by atoms with E-state index in [1.165, 1.54) is 10.5 Å². The highest BCUT2D eigenvalue weighted by atomic mass is 16.5. The van der Waals surface area contributed by atoms with Crippen molar-refractivity contribution in [2.75, 3.05) is 33.4 Å². The van der Waals surface area contributed by atoms with E-state index in [0.29, 0.717) is 26.0 Å². The van der Waals surface area contributed by atoms with Crippen LogP contribution in [-0.4, -0.2) is 71.6 Å². The third-order valence-electron chi connectivity index (χ3n) is 5.54. The summed E-state index contributed by atoms with van der Waals surface area (Å²) >= 11 is 0. The lowest BCUT2D eigenvalue weighted by atomic mass is 9.85. The van der Waals surface area contributed by atoms with Gasteiger partial charge in [0.25, 0.3) is 5.91 Å². The van der Waals surface area contributed by atoms with Crippen molar-refractivity contribution >= 4 is 11.9 Å². The first kappa shape index (κ1) is 18.9. The number of methoxy groups -OCH3 is 1. The topological polar surface area (TPSA) is 53.1 Å².